The van der Waals surface area contributed by atoms with Crippen LogP contribution in [0.5, 0.6) is 0 Å². The van der Waals surface area contributed by atoms with Crippen LogP contribution in [0, 0.1) is 0 Å². The summed E-state index contributed by atoms with van der Waals surface area (Å²) in [5, 5.41) is 0.185. The van der Waals surface area contributed by atoms with Crippen LogP contribution >= 0.6 is 11.6 Å². The SMILES string of the molecule is C=CCN(CCC)c1ncnc(Cl)c1C=O. The second kappa shape index (κ2) is 6.23. The fourth-order valence-corrected chi connectivity index (χ4v) is 1.60. The van der Waals surface area contributed by atoms with Crippen LogP contribution in [-0.2, 0) is 0 Å². The number of hydrogen-bond acceptors (Lipinski definition) is 4. The quantitative estimate of drug-likeness (QED) is 0.434. The molecule has 0 saturated heterocycles. The van der Waals surface area contributed by atoms with Gasteiger partial charge in [-0.3, -0.25) is 4.79 Å². The van der Waals surface area contributed by atoms with Gasteiger partial charge in [0.1, 0.15) is 17.3 Å². The summed E-state index contributed by atoms with van der Waals surface area (Å²) in [6, 6.07) is 0. The minimum absolute atomic E-state index is 0.185. The molecule has 0 unspecified atom stereocenters. The Bertz CT molecular complexity index is 381. The van der Waals surface area contributed by atoms with Crippen LogP contribution in [0.15, 0.2) is 19.0 Å². The summed E-state index contributed by atoms with van der Waals surface area (Å²) in [6.45, 7) is 7.15. The van der Waals surface area contributed by atoms with Gasteiger partial charge in [-0.05, 0) is 6.42 Å². The highest BCUT2D eigenvalue weighted by molar-refractivity contribution is 6.32. The van der Waals surface area contributed by atoms with Crippen molar-refractivity contribution in [2.75, 3.05) is 18.0 Å². The van der Waals surface area contributed by atoms with Crippen molar-refractivity contribution in [2.24, 2.45) is 0 Å². The molecule has 5 heteroatoms. The van der Waals surface area contributed by atoms with Gasteiger partial charge < -0.3 is 4.90 Å². The van der Waals surface area contributed by atoms with Crippen LogP contribution in [-0.4, -0.2) is 29.3 Å². The van der Waals surface area contributed by atoms with Gasteiger partial charge in [-0.1, -0.05) is 24.6 Å². The van der Waals surface area contributed by atoms with Gasteiger partial charge in [-0.2, -0.15) is 0 Å². The first-order valence-electron chi connectivity index (χ1n) is 5.06. The lowest BCUT2D eigenvalue weighted by atomic mass is 10.3. The van der Waals surface area contributed by atoms with Crippen LogP contribution in [0.1, 0.15) is 23.7 Å². The van der Waals surface area contributed by atoms with Crippen molar-refractivity contribution in [3.63, 3.8) is 0 Å². The average Bonchev–Trinajstić information content (AvgIpc) is 2.28. The molecule has 0 atom stereocenters. The van der Waals surface area contributed by atoms with Gasteiger partial charge in [0, 0.05) is 13.1 Å². The fourth-order valence-electron chi connectivity index (χ4n) is 1.43. The van der Waals surface area contributed by atoms with Crippen LogP contribution < -0.4 is 4.90 Å². The molecule has 0 amide bonds. The number of carbonyl (C=O) groups is 1. The van der Waals surface area contributed by atoms with Gasteiger partial charge in [-0.25, -0.2) is 9.97 Å². The molecule has 0 aliphatic heterocycles. The molecule has 1 aromatic heterocycles. The van der Waals surface area contributed by atoms with E-state index in [2.05, 4.69) is 23.5 Å². The van der Waals surface area contributed by atoms with Crippen molar-refractivity contribution < 1.29 is 4.79 Å². The summed E-state index contributed by atoms with van der Waals surface area (Å²) in [6.07, 6.45) is 4.76. The molecule has 1 aromatic rings. The lowest BCUT2D eigenvalue weighted by Gasteiger charge is -2.22. The number of anilines is 1. The first kappa shape index (κ1) is 12.6. The Morgan fingerprint density at radius 3 is 2.88 bits per heavy atom. The molecule has 0 bridgehead atoms. The van der Waals surface area contributed by atoms with Crippen molar-refractivity contribution >= 4 is 23.7 Å². The number of carbonyl (C=O) groups excluding carboxylic acids is 1. The van der Waals surface area contributed by atoms with E-state index in [-0.39, 0.29) is 5.15 Å². The first-order chi connectivity index (χ1) is 7.74. The fraction of sp³-hybridized carbons (Fsp3) is 0.364. The van der Waals surface area contributed by atoms with E-state index < -0.39 is 0 Å². The molecular weight excluding hydrogens is 226 g/mol. The molecule has 0 N–H and O–H groups in total. The molecule has 0 aliphatic rings. The van der Waals surface area contributed by atoms with Gasteiger partial charge >= 0.3 is 0 Å². The molecular formula is C11H14ClN3O. The van der Waals surface area contributed by atoms with Crippen molar-refractivity contribution in [3.8, 4) is 0 Å². The van der Waals surface area contributed by atoms with Crippen molar-refractivity contribution in [3.05, 3.63) is 29.7 Å². The lowest BCUT2D eigenvalue weighted by molar-refractivity contribution is 0.112. The largest absolute Gasteiger partial charge is 0.352 e. The summed E-state index contributed by atoms with van der Waals surface area (Å²) in [5.41, 5.74) is 0.333. The molecule has 0 radical (unpaired) electrons. The number of nitrogens with zero attached hydrogens (tertiary/aromatic N) is 3. The monoisotopic (exact) mass is 239 g/mol. The van der Waals surface area contributed by atoms with E-state index in [9.17, 15) is 4.79 Å². The second-order valence-corrected chi connectivity index (χ2v) is 3.61. The van der Waals surface area contributed by atoms with E-state index in [1.165, 1.54) is 6.33 Å². The number of hydrogen-bond donors (Lipinski definition) is 0. The highest BCUT2D eigenvalue weighted by Crippen LogP contribution is 2.21. The molecule has 1 rings (SSSR count). The van der Waals surface area contributed by atoms with Gasteiger partial charge in [0.25, 0.3) is 0 Å². The summed E-state index contributed by atoms with van der Waals surface area (Å²) in [5.74, 6) is 0.566. The Labute approximate surface area is 100.0 Å². The van der Waals surface area contributed by atoms with Gasteiger partial charge in [0.15, 0.2) is 6.29 Å². The Morgan fingerprint density at radius 2 is 2.31 bits per heavy atom. The van der Waals surface area contributed by atoms with Crippen LogP contribution in [0.3, 0.4) is 0 Å². The van der Waals surface area contributed by atoms with Gasteiger partial charge in [0.05, 0.1) is 5.56 Å². The number of aromatic nitrogens is 2. The summed E-state index contributed by atoms with van der Waals surface area (Å²) in [7, 11) is 0. The maximum atomic E-state index is 10.9. The second-order valence-electron chi connectivity index (χ2n) is 3.25. The third kappa shape index (κ3) is 2.79. The average molecular weight is 240 g/mol. The van der Waals surface area contributed by atoms with E-state index in [4.69, 9.17) is 11.6 Å². The third-order valence-corrected chi connectivity index (χ3v) is 2.38. The maximum absolute atomic E-state index is 10.9. The van der Waals surface area contributed by atoms with E-state index in [0.717, 1.165) is 13.0 Å². The Morgan fingerprint density at radius 1 is 1.56 bits per heavy atom. The zero-order valence-electron chi connectivity index (χ0n) is 9.19. The molecule has 16 heavy (non-hydrogen) atoms. The normalized spacial score (nSPS) is 9.88. The molecule has 1 heterocycles. The maximum Gasteiger partial charge on any atom is 0.156 e. The van der Waals surface area contributed by atoms with Gasteiger partial charge in [0.2, 0.25) is 0 Å². The first-order valence-corrected chi connectivity index (χ1v) is 5.43. The van der Waals surface area contributed by atoms with Crippen molar-refractivity contribution in [2.45, 2.75) is 13.3 Å². The standard InChI is InChI=1S/C11H14ClN3O/c1-3-5-15(6-4-2)11-9(7-16)10(12)13-8-14-11/h3,7-8H,1,4-6H2,2H3. The van der Waals surface area contributed by atoms with E-state index in [1.807, 2.05) is 4.90 Å². The van der Waals surface area contributed by atoms with E-state index >= 15 is 0 Å². The Hall–Kier alpha value is -1.42. The Balaban J connectivity index is 3.11. The van der Waals surface area contributed by atoms with Crippen molar-refractivity contribution in [1.29, 1.82) is 0 Å². The minimum Gasteiger partial charge on any atom is -0.352 e. The molecule has 4 nitrogen and oxygen atoms in total. The van der Waals surface area contributed by atoms with Crippen LogP contribution in [0.25, 0.3) is 0 Å². The minimum atomic E-state index is 0.185. The zero-order valence-corrected chi connectivity index (χ0v) is 9.94. The predicted octanol–water partition coefficient (Wildman–Crippen LogP) is 2.34. The zero-order chi connectivity index (χ0) is 12.0. The van der Waals surface area contributed by atoms with Crippen LogP contribution in [0.4, 0.5) is 5.82 Å². The van der Waals surface area contributed by atoms with E-state index in [0.29, 0.717) is 24.2 Å². The predicted molar refractivity (Wildman–Crippen MR) is 65.1 cm³/mol. The summed E-state index contributed by atoms with van der Waals surface area (Å²) < 4.78 is 0. The number of halogens is 1. The van der Waals surface area contributed by atoms with Crippen molar-refractivity contribution in [1.82, 2.24) is 9.97 Å². The smallest absolute Gasteiger partial charge is 0.156 e. The number of aldehydes is 1. The lowest BCUT2D eigenvalue weighted by Crippen LogP contribution is -2.26. The summed E-state index contributed by atoms with van der Waals surface area (Å²) in [4.78, 5) is 20.8. The summed E-state index contributed by atoms with van der Waals surface area (Å²) >= 11 is 5.84. The molecule has 0 fully saturated rings. The van der Waals surface area contributed by atoms with E-state index in [1.54, 1.807) is 6.08 Å². The van der Waals surface area contributed by atoms with Crippen LogP contribution in [0.2, 0.25) is 5.15 Å². The topological polar surface area (TPSA) is 46.1 Å². The van der Waals surface area contributed by atoms with Gasteiger partial charge in [-0.15, -0.1) is 6.58 Å². The molecule has 0 aromatic carbocycles. The highest BCUT2D eigenvalue weighted by Gasteiger charge is 2.14. The Kier molecular flexibility index (Phi) is 4.92. The molecule has 0 saturated carbocycles. The highest BCUT2D eigenvalue weighted by atomic mass is 35.5. The molecule has 0 spiro atoms. The third-order valence-electron chi connectivity index (χ3n) is 2.07. The molecule has 0 aliphatic carbocycles. The molecule has 86 valence electrons. The number of rotatable bonds is 6.